The standard InChI is InChI=1S/C20H18S2/c1-15-3-7-17(8-4-15)21-19-11-13-20(14-12-19)22-18-9-5-16(2)6-10-18/h3-14H,1-2H3. The Balaban J connectivity index is 1.67. The van der Waals surface area contributed by atoms with Gasteiger partial charge in [-0.3, -0.25) is 0 Å². The van der Waals surface area contributed by atoms with E-state index in [4.69, 9.17) is 0 Å². The van der Waals surface area contributed by atoms with E-state index in [1.807, 2.05) is 0 Å². The van der Waals surface area contributed by atoms with Crippen LogP contribution in [0.15, 0.2) is 92.4 Å². The molecule has 0 heterocycles. The van der Waals surface area contributed by atoms with Crippen LogP contribution in [0.5, 0.6) is 0 Å². The summed E-state index contributed by atoms with van der Waals surface area (Å²) in [6, 6.07) is 26.1. The summed E-state index contributed by atoms with van der Waals surface area (Å²) in [5, 5.41) is 0. The van der Waals surface area contributed by atoms with Crippen LogP contribution in [-0.4, -0.2) is 0 Å². The van der Waals surface area contributed by atoms with E-state index < -0.39 is 0 Å². The normalized spacial score (nSPS) is 10.6. The zero-order valence-electron chi connectivity index (χ0n) is 12.7. The van der Waals surface area contributed by atoms with Gasteiger partial charge in [-0.25, -0.2) is 0 Å². The Bertz CT molecular complexity index is 660. The van der Waals surface area contributed by atoms with Gasteiger partial charge in [0.05, 0.1) is 0 Å². The molecule has 0 aromatic heterocycles. The van der Waals surface area contributed by atoms with Crippen molar-refractivity contribution in [3.63, 3.8) is 0 Å². The molecule has 110 valence electrons. The van der Waals surface area contributed by atoms with Crippen molar-refractivity contribution in [3.8, 4) is 0 Å². The summed E-state index contributed by atoms with van der Waals surface area (Å²) in [4.78, 5) is 5.11. The summed E-state index contributed by atoms with van der Waals surface area (Å²) < 4.78 is 0. The van der Waals surface area contributed by atoms with Crippen molar-refractivity contribution in [1.82, 2.24) is 0 Å². The summed E-state index contributed by atoms with van der Waals surface area (Å²) in [6.07, 6.45) is 0. The lowest BCUT2D eigenvalue weighted by molar-refractivity contribution is 1.32. The third-order valence-corrected chi connectivity index (χ3v) is 5.37. The minimum atomic E-state index is 1.28. The van der Waals surface area contributed by atoms with E-state index in [9.17, 15) is 0 Å². The molecule has 3 aromatic carbocycles. The van der Waals surface area contributed by atoms with Gasteiger partial charge in [-0.15, -0.1) is 0 Å². The van der Waals surface area contributed by atoms with E-state index in [1.54, 1.807) is 23.5 Å². The first-order valence-electron chi connectivity index (χ1n) is 7.28. The Morgan fingerprint density at radius 1 is 0.409 bits per heavy atom. The summed E-state index contributed by atoms with van der Waals surface area (Å²) in [5.41, 5.74) is 2.60. The highest BCUT2D eigenvalue weighted by atomic mass is 32.2. The second-order valence-corrected chi connectivity index (χ2v) is 7.60. The van der Waals surface area contributed by atoms with Crippen molar-refractivity contribution in [2.24, 2.45) is 0 Å². The van der Waals surface area contributed by atoms with Gasteiger partial charge in [-0.05, 0) is 62.4 Å². The molecule has 22 heavy (non-hydrogen) atoms. The third kappa shape index (κ3) is 4.19. The highest BCUT2D eigenvalue weighted by Gasteiger charge is 2.00. The largest absolute Gasteiger partial charge is 0.0901 e. The number of hydrogen-bond donors (Lipinski definition) is 0. The molecule has 0 aliphatic heterocycles. The Kier molecular flexibility index (Phi) is 4.91. The molecule has 0 atom stereocenters. The fourth-order valence-electron chi connectivity index (χ4n) is 2.06. The zero-order valence-corrected chi connectivity index (χ0v) is 14.4. The second-order valence-electron chi connectivity index (χ2n) is 5.30. The molecule has 0 saturated heterocycles. The first kappa shape index (κ1) is 15.3. The van der Waals surface area contributed by atoms with Gasteiger partial charge in [0.15, 0.2) is 0 Å². The lowest BCUT2D eigenvalue weighted by Crippen LogP contribution is -1.77. The van der Waals surface area contributed by atoms with Gasteiger partial charge >= 0.3 is 0 Å². The SMILES string of the molecule is Cc1ccc(Sc2ccc(Sc3ccc(C)cc3)cc2)cc1. The summed E-state index contributed by atoms with van der Waals surface area (Å²) in [7, 11) is 0. The van der Waals surface area contributed by atoms with Crippen molar-refractivity contribution in [1.29, 1.82) is 0 Å². The number of hydrogen-bond acceptors (Lipinski definition) is 2. The average molecular weight is 322 g/mol. The van der Waals surface area contributed by atoms with Crippen molar-refractivity contribution >= 4 is 23.5 Å². The molecule has 0 nitrogen and oxygen atoms in total. The van der Waals surface area contributed by atoms with Gasteiger partial charge in [-0.1, -0.05) is 58.9 Å². The highest BCUT2D eigenvalue weighted by molar-refractivity contribution is 7.99. The number of rotatable bonds is 4. The van der Waals surface area contributed by atoms with Crippen LogP contribution in [0.4, 0.5) is 0 Å². The average Bonchev–Trinajstić information content (AvgIpc) is 2.54. The smallest absolute Gasteiger partial charge is 0.0123 e. The molecule has 0 bridgehead atoms. The zero-order chi connectivity index (χ0) is 15.4. The predicted molar refractivity (Wildman–Crippen MR) is 97.0 cm³/mol. The fraction of sp³-hybridized carbons (Fsp3) is 0.100. The fourth-order valence-corrected chi connectivity index (χ4v) is 3.69. The molecular formula is C20H18S2. The van der Waals surface area contributed by atoms with Crippen molar-refractivity contribution < 1.29 is 0 Å². The van der Waals surface area contributed by atoms with E-state index in [-0.39, 0.29) is 0 Å². The summed E-state index contributed by atoms with van der Waals surface area (Å²) in [5.74, 6) is 0. The van der Waals surface area contributed by atoms with Crippen LogP contribution < -0.4 is 0 Å². The molecule has 0 aliphatic carbocycles. The van der Waals surface area contributed by atoms with Crippen LogP contribution in [0.1, 0.15) is 11.1 Å². The van der Waals surface area contributed by atoms with E-state index in [2.05, 4.69) is 86.6 Å². The lowest BCUT2D eigenvalue weighted by atomic mass is 10.2. The van der Waals surface area contributed by atoms with Crippen molar-refractivity contribution in [3.05, 3.63) is 83.9 Å². The van der Waals surface area contributed by atoms with Gasteiger partial charge in [-0.2, -0.15) is 0 Å². The summed E-state index contributed by atoms with van der Waals surface area (Å²) in [6.45, 7) is 4.23. The molecule has 3 aromatic rings. The van der Waals surface area contributed by atoms with Crippen LogP contribution in [0.3, 0.4) is 0 Å². The minimum Gasteiger partial charge on any atom is -0.0901 e. The van der Waals surface area contributed by atoms with E-state index >= 15 is 0 Å². The first-order valence-corrected chi connectivity index (χ1v) is 8.91. The molecule has 0 unspecified atom stereocenters. The molecule has 0 radical (unpaired) electrons. The Hall–Kier alpha value is -1.64. The molecular weight excluding hydrogens is 304 g/mol. The van der Waals surface area contributed by atoms with Crippen LogP contribution in [0, 0.1) is 13.8 Å². The highest BCUT2D eigenvalue weighted by Crippen LogP contribution is 2.32. The maximum absolute atomic E-state index is 2.20. The molecule has 0 aliphatic rings. The molecule has 0 spiro atoms. The second kappa shape index (κ2) is 7.08. The van der Waals surface area contributed by atoms with Crippen molar-refractivity contribution in [2.75, 3.05) is 0 Å². The minimum absolute atomic E-state index is 1.28. The Labute approximate surface area is 141 Å². The van der Waals surface area contributed by atoms with E-state index in [0.29, 0.717) is 0 Å². The van der Waals surface area contributed by atoms with E-state index in [0.717, 1.165) is 0 Å². The van der Waals surface area contributed by atoms with Crippen LogP contribution in [0.25, 0.3) is 0 Å². The van der Waals surface area contributed by atoms with Gasteiger partial charge in [0, 0.05) is 19.6 Å². The van der Waals surface area contributed by atoms with Gasteiger partial charge in [0.2, 0.25) is 0 Å². The summed E-state index contributed by atoms with van der Waals surface area (Å²) >= 11 is 3.61. The molecule has 0 amide bonds. The lowest BCUT2D eigenvalue weighted by Gasteiger charge is -2.05. The van der Waals surface area contributed by atoms with Crippen LogP contribution in [-0.2, 0) is 0 Å². The van der Waals surface area contributed by atoms with Gasteiger partial charge in [0.1, 0.15) is 0 Å². The molecule has 2 heteroatoms. The predicted octanol–water partition coefficient (Wildman–Crippen LogP) is 6.61. The maximum atomic E-state index is 2.20. The Morgan fingerprint density at radius 3 is 0.909 bits per heavy atom. The number of aryl methyl sites for hydroxylation is 2. The maximum Gasteiger partial charge on any atom is 0.0123 e. The monoisotopic (exact) mass is 322 g/mol. The molecule has 0 fully saturated rings. The molecule has 0 N–H and O–H groups in total. The van der Waals surface area contributed by atoms with E-state index in [1.165, 1.54) is 30.7 Å². The number of benzene rings is 3. The van der Waals surface area contributed by atoms with Gasteiger partial charge < -0.3 is 0 Å². The molecule has 3 rings (SSSR count). The van der Waals surface area contributed by atoms with Crippen molar-refractivity contribution in [2.45, 2.75) is 33.4 Å². The quantitative estimate of drug-likeness (QED) is 0.530. The third-order valence-electron chi connectivity index (χ3n) is 3.34. The van der Waals surface area contributed by atoms with Gasteiger partial charge in [0.25, 0.3) is 0 Å². The Morgan fingerprint density at radius 2 is 0.636 bits per heavy atom. The topological polar surface area (TPSA) is 0 Å². The van der Waals surface area contributed by atoms with Crippen LogP contribution >= 0.6 is 23.5 Å². The molecule has 0 saturated carbocycles. The van der Waals surface area contributed by atoms with Crippen LogP contribution in [0.2, 0.25) is 0 Å². The first-order chi connectivity index (χ1) is 10.7.